The molecule has 0 aromatic heterocycles. The lowest BCUT2D eigenvalue weighted by Crippen LogP contribution is -1.91. The van der Waals surface area contributed by atoms with Gasteiger partial charge in [-0.3, -0.25) is 0 Å². The van der Waals surface area contributed by atoms with Crippen molar-refractivity contribution >= 4 is 11.6 Å². The fourth-order valence-electron chi connectivity index (χ4n) is 0.913. The highest BCUT2D eigenvalue weighted by Gasteiger charge is 2.00. The number of benzene rings is 1. The van der Waals surface area contributed by atoms with Gasteiger partial charge in [-0.25, -0.2) is 0 Å². The zero-order valence-electron chi connectivity index (χ0n) is 6.88. The van der Waals surface area contributed by atoms with Crippen LogP contribution in [0.2, 0.25) is 0 Å². The number of phenols is 1. The van der Waals surface area contributed by atoms with Gasteiger partial charge in [-0.1, -0.05) is 6.07 Å². The largest absolute Gasteiger partial charge is 0.507 e. The van der Waals surface area contributed by atoms with E-state index in [1.807, 2.05) is 6.92 Å². The minimum absolute atomic E-state index is 0.191. The zero-order valence-corrected chi connectivity index (χ0v) is 7.64. The number of aromatic hydroxyl groups is 1. The molecule has 0 aliphatic carbocycles. The molecule has 3 heteroatoms. The molecule has 0 amide bonds. The standard InChI is InChI=1S/C9H11ClO2/c1-2-12-8-4-3-7(6-10)9(11)5-8/h3-5,11H,2,6H2,1H3. The third kappa shape index (κ3) is 2.05. The van der Waals surface area contributed by atoms with E-state index in [2.05, 4.69) is 0 Å². The van der Waals surface area contributed by atoms with Gasteiger partial charge in [-0.05, 0) is 13.0 Å². The molecular weight excluding hydrogens is 176 g/mol. The Balaban J connectivity index is 2.86. The van der Waals surface area contributed by atoms with Gasteiger partial charge in [0, 0.05) is 11.6 Å². The average molecular weight is 187 g/mol. The molecule has 0 saturated carbocycles. The van der Waals surface area contributed by atoms with Crippen molar-refractivity contribution < 1.29 is 9.84 Å². The molecule has 0 radical (unpaired) electrons. The van der Waals surface area contributed by atoms with Gasteiger partial charge in [0.2, 0.25) is 0 Å². The summed E-state index contributed by atoms with van der Waals surface area (Å²) < 4.78 is 5.18. The molecule has 0 saturated heterocycles. The van der Waals surface area contributed by atoms with E-state index in [0.29, 0.717) is 18.2 Å². The summed E-state index contributed by atoms with van der Waals surface area (Å²) in [6.45, 7) is 2.49. The van der Waals surface area contributed by atoms with Crippen molar-refractivity contribution in [3.63, 3.8) is 0 Å². The molecule has 0 aliphatic heterocycles. The topological polar surface area (TPSA) is 29.5 Å². The Labute approximate surface area is 76.7 Å². The van der Waals surface area contributed by atoms with Gasteiger partial charge in [0.25, 0.3) is 0 Å². The second-order valence-electron chi connectivity index (χ2n) is 2.36. The van der Waals surface area contributed by atoms with Crippen molar-refractivity contribution in [3.05, 3.63) is 23.8 Å². The molecule has 12 heavy (non-hydrogen) atoms. The van der Waals surface area contributed by atoms with Crippen molar-refractivity contribution in [2.75, 3.05) is 6.61 Å². The summed E-state index contributed by atoms with van der Waals surface area (Å²) in [6.07, 6.45) is 0. The number of halogens is 1. The smallest absolute Gasteiger partial charge is 0.123 e. The molecule has 66 valence electrons. The molecule has 1 aromatic rings. The Morgan fingerprint density at radius 3 is 2.75 bits per heavy atom. The third-order valence-electron chi connectivity index (χ3n) is 1.51. The maximum Gasteiger partial charge on any atom is 0.123 e. The SMILES string of the molecule is CCOc1ccc(CCl)c(O)c1. The van der Waals surface area contributed by atoms with Crippen LogP contribution >= 0.6 is 11.6 Å². The summed E-state index contributed by atoms with van der Waals surface area (Å²) in [5, 5.41) is 9.35. The first-order valence-electron chi connectivity index (χ1n) is 3.78. The zero-order chi connectivity index (χ0) is 8.97. The first-order chi connectivity index (χ1) is 5.77. The van der Waals surface area contributed by atoms with Crippen LogP contribution < -0.4 is 4.74 Å². The van der Waals surface area contributed by atoms with Crippen LogP contribution in [0.3, 0.4) is 0 Å². The summed E-state index contributed by atoms with van der Waals surface area (Å²) in [6, 6.07) is 5.12. The molecule has 0 fully saturated rings. The fraction of sp³-hybridized carbons (Fsp3) is 0.333. The lowest BCUT2D eigenvalue weighted by atomic mass is 10.2. The Hall–Kier alpha value is -0.890. The van der Waals surface area contributed by atoms with Crippen LogP contribution in [0.5, 0.6) is 11.5 Å². The molecule has 0 bridgehead atoms. The van der Waals surface area contributed by atoms with E-state index in [1.54, 1.807) is 18.2 Å². The molecule has 0 heterocycles. The van der Waals surface area contributed by atoms with Gasteiger partial charge in [-0.2, -0.15) is 0 Å². The number of hydrogen-bond acceptors (Lipinski definition) is 2. The average Bonchev–Trinajstić information content (AvgIpc) is 2.05. The van der Waals surface area contributed by atoms with Gasteiger partial charge in [-0.15, -0.1) is 11.6 Å². The number of rotatable bonds is 3. The minimum atomic E-state index is 0.191. The maximum absolute atomic E-state index is 9.35. The predicted molar refractivity (Wildman–Crippen MR) is 48.8 cm³/mol. The molecule has 0 atom stereocenters. The van der Waals surface area contributed by atoms with Crippen LogP contribution in [0.15, 0.2) is 18.2 Å². The molecule has 0 spiro atoms. The normalized spacial score (nSPS) is 9.83. The first-order valence-corrected chi connectivity index (χ1v) is 4.32. The van der Waals surface area contributed by atoms with Crippen molar-refractivity contribution in [1.82, 2.24) is 0 Å². The van der Waals surface area contributed by atoms with Gasteiger partial charge in [0.15, 0.2) is 0 Å². The van der Waals surface area contributed by atoms with Crippen LogP contribution in [0.1, 0.15) is 12.5 Å². The lowest BCUT2D eigenvalue weighted by molar-refractivity contribution is 0.337. The molecular formula is C9H11ClO2. The van der Waals surface area contributed by atoms with Crippen LogP contribution in [0.25, 0.3) is 0 Å². The second-order valence-corrected chi connectivity index (χ2v) is 2.62. The van der Waals surface area contributed by atoms with Crippen LogP contribution in [0, 0.1) is 0 Å². The van der Waals surface area contributed by atoms with Gasteiger partial charge in [0.1, 0.15) is 11.5 Å². The number of phenolic OH excluding ortho intramolecular Hbond substituents is 1. The molecule has 1 aromatic carbocycles. The molecule has 1 rings (SSSR count). The van der Waals surface area contributed by atoms with Crippen molar-refractivity contribution in [1.29, 1.82) is 0 Å². The van der Waals surface area contributed by atoms with Gasteiger partial charge < -0.3 is 9.84 Å². The predicted octanol–water partition coefficient (Wildman–Crippen LogP) is 2.53. The molecule has 0 aliphatic rings. The fourth-order valence-corrected chi connectivity index (χ4v) is 1.14. The number of ether oxygens (including phenoxy) is 1. The molecule has 0 unspecified atom stereocenters. The quantitative estimate of drug-likeness (QED) is 0.736. The summed E-state index contributed by atoms with van der Waals surface area (Å²) in [5.41, 5.74) is 0.722. The van der Waals surface area contributed by atoms with Crippen molar-refractivity contribution in [2.24, 2.45) is 0 Å². The third-order valence-corrected chi connectivity index (χ3v) is 1.80. The van der Waals surface area contributed by atoms with E-state index in [9.17, 15) is 5.11 Å². The number of alkyl halides is 1. The lowest BCUT2D eigenvalue weighted by Gasteiger charge is -2.05. The van der Waals surface area contributed by atoms with Gasteiger partial charge in [0.05, 0.1) is 12.5 Å². The van der Waals surface area contributed by atoms with Gasteiger partial charge >= 0.3 is 0 Å². The van der Waals surface area contributed by atoms with Crippen molar-refractivity contribution in [2.45, 2.75) is 12.8 Å². The van der Waals surface area contributed by atoms with Crippen LogP contribution in [0.4, 0.5) is 0 Å². The van der Waals surface area contributed by atoms with E-state index in [4.69, 9.17) is 16.3 Å². The Bertz CT molecular complexity index is 261. The van der Waals surface area contributed by atoms with E-state index >= 15 is 0 Å². The number of hydrogen-bond donors (Lipinski definition) is 1. The minimum Gasteiger partial charge on any atom is -0.507 e. The van der Waals surface area contributed by atoms with E-state index in [0.717, 1.165) is 5.56 Å². The Morgan fingerprint density at radius 2 is 2.25 bits per heavy atom. The highest BCUT2D eigenvalue weighted by atomic mass is 35.5. The first kappa shape index (κ1) is 9.20. The monoisotopic (exact) mass is 186 g/mol. The molecule has 1 N–H and O–H groups in total. The van der Waals surface area contributed by atoms with E-state index < -0.39 is 0 Å². The maximum atomic E-state index is 9.35. The van der Waals surface area contributed by atoms with Crippen LogP contribution in [-0.2, 0) is 5.88 Å². The summed E-state index contributed by atoms with van der Waals surface area (Å²) in [5.74, 6) is 1.18. The van der Waals surface area contributed by atoms with E-state index in [1.165, 1.54) is 0 Å². The van der Waals surface area contributed by atoms with Crippen LogP contribution in [-0.4, -0.2) is 11.7 Å². The highest BCUT2D eigenvalue weighted by Crippen LogP contribution is 2.24. The van der Waals surface area contributed by atoms with E-state index in [-0.39, 0.29) is 5.75 Å². The summed E-state index contributed by atoms with van der Waals surface area (Å²) >= 11 is 5.56. The van der Waals surface area contributed by atoms with Crippen molar-refractivity contribution in [3.8, 4) is 11.5 Å². The Kier molecular flexibility index (Phi) is 3.23. The summed E-state index contributed by atoms with van der Waals surface area (Å²) in [4.78, 5) is 0. The highest BCUT2D eigenvalue weighted by molar-refractivity contribution is 6.17. The Morgan fingerprint density at radius 1 is 1.50 bits per heavy atom. The second kappa shape index (κ2) is 4.21. The molecule has 2 nitrogen and oxygen atoms in total. The summed E-state index contributed by atoms with van der Waals surface area (Å²) in [7, 11) is 0.